The van der Waals surface area contributed by atoms with E-state index in [2.05, 4.69) is 6.92 Å². The van der Waals surface area contributed by atoms with Gasteiger partial charge in [0.25, 0.3) is 0 Å². The van der Waals surface area contributed by atoms with E-state index in [4.69, 9.17) is 9.47 Å². The number of benzene rings is 4. The summed E-state index contributed by atoms with van der Waals surface area (Å²) in [6.45, 7) is 4.47. The fourth-order valence-electron chi connectivity index (χ4n) is 4.07. The third-order valence-electron chi connectivity index (χ3n) is 6.29. The van der Waals surface area contributed by atoms with Crippen molar-refractivity contribution < 1.29 is 22.6 Å². The zero-order chi connectivity index (χ0) is 26.2. The van der Waals surface area contributed by atoms with Crippen LogP contribution < -0.4 is 9.47 Å². The molecular weight excluding hydrogens is 473 g/mol. The van der Waals surface area contributed by atoms with Crippen LogP contribution in [0.2, 0.25) is 0 Å². The Morgan fingerprint density at radius 3 is 2.05 bits per heavy atom. The Kier molecular flexibility index (Phi) is 8.89. The predicted octanol–water partition coefficient (Wildman–Crippen LogP) is 9.28. The van der Waals surface area contributed by atoms with Crippen molar-refractivity contribution >= 4 is 0 Å². The molecule has 0 saturated heterocycles. The highest BCUT2D eigenvalue weighted by molar-refractivity contribution is 5.66. The van der Waals surface area contributed by atoms with Crippen LogP contribution in [0.4, 0.5) is 13.2 Å². The minimum absolute atomic E-state index is 0.116. The number of unbranched alkanes of at least 4 members (excludes halogenated alkanes) is 3. The first-order valence-corrected chi connectivity index (χ1v) is 12.7. The van der Waals surface area contributed by atoms with Crippen molar-refractivity contribution in [3.05, 3.63) is 107 Å². The molecule has 0 aromatic heterocycles. The van der Waals surface area contributed by atoms with E-state index in [0.29, 0.717) is 23.5 Å². The number of rotatable bonds is 11. The molecule has 5 heteroatoms. The first-order chi connectivity index (χ1) is 18.0. The fourth-order valence-corrected chi connectivity index (χ4v) is 4.07. The van der Waals surface area contributed by atoms with E-state index in [1.165, 1.54) is 12.1 Å². The van der Waals surface area contributed by atoms with Gasteiger partial charge in [-0.15, -0.1) is 0 Å². The van der Waals surface area contributed by atoms with Gasteiger partial charge in [-0.25, -0.2) is 13.2 Å². The standard InChI is InChI=1S/C32H31F3O2/c1-3-4-5-6-19-36-30-18-14-25(20-29(30)33)23-11-15-27(16-12-23)37-21-26-13-17-28(32(35)31(26)34)24-9-7-22(2)8-10-24/h7-18,20H,3-6,19,21H2,1-2H3. The van der Waals surface area contributed by atoms with E-state index in [-0.39, 0.29) is 23.5 Å². The van der Waals surface area contributed by atoms with Crippen molar-refractivity contribution in [3.8, 4) is 33.8 Å². The van der Waals surface area contributed by atoms with E-state index >= 15 is 0 Å². The molecule has 0 heterocycles. The van der Waals surface area contributed by atoms with Crippen LogP contribution in [-0.2, 0) is 6.61 Å². The molecule has 0 unspecified atom stereocenters. The number of ether oxygens (including phenoxy) is 2. The Hall–Kier alpha value is -3.73. The molecule has 0 saturated carbocycles. The molecule has 37 heavy (non-hydrogen) atoms. The average Bonchev–Trinajstić information content (AvgIpc) is 2.91. The number of hydrogen-bond donors (Lipinski definition) is 0. The van der Waals surface area contributed by atoms with Gasteiger partial charge in [0.15, 0.2) is 23.2 Å². The second-order valence-electron chi connectivity index (χ2n) is 9.13. The van der Waals surface area contributed by atoms with Crippen LogP contribution in [0, 0.1) is 24.4 Å². The van der Waals surface area contributed by atoms with Gasteiger partial charge in [0.05, 0.1) is 6.61 Å². The number of hydrogen-bond acceptors (Lipinski definition) is 2. The Bertz CT molecular complexity index is 1320. The molecule has 0 bridgehead atoms. The third kappa shape index (κ3) is 6.73. The maximum absolute atomic E-state index is 14.7. The normalized spacial score (nSPS) is 10.9. The minimum atomic E-state index is -0.919. The lowest BCUT2D eigenvalue weighted by Gasteiger charge is -2.12. The third-order valence-corrected chi connectivity index (χ3v) is 6.29. The lowest BCUT2D eigenvalue weighted by Crippen LogP contribution is -2.02. The van der Waals surface area contributed by atoms with Crippen LogP contribution in [-0.4, -0.2) is 6.61 Å². The van der Waals surface area contributed by atoms with Gasteiger partial charge >= 0.3 is 0 Å². The molecule has 0 amide bonds. The highest BCUT2D eigenvalue weighted by atomic mass is 19.2. The van der Waals surface area contributed by atoms with E-state index in [0.717, 1.165) is 36.8 Å². The van der Waals surface area contributed by atoms with Crippen LogP contribution >= 0.6 is 0 Å². The number of halogens is 3. The SMILES string of the molecule is CCCCCCOc1ccc(-c2ccc(OCc3ccc(-c4ccc(C)cc4)c(F)c3F)cc2)cc1F. The van der Waals surface area contributed by atoms with E-state index < -0.39 is 17.5 Å². The summed E-state index contributed by atoms with van der Waals surface area (Å²) >= 11 is 0. The van der Waals surface area contributed by atoms with Gasteiger partial charge in [0, 0.05) is 11.1 Å². The first kappa shape index (κ1) is 26.3. The predicted molar refractivity (Wildman–Crippen MR) is 142 cm³/mol. The zero-order valence-corrected chi connectivity index (χ0v) is 21.2. The summed E-state index contributed by atoms with van der Waals surface area (Å²) < 4.78 is 55.2. The molecule has 0 radical (unpaired) electrons. The molecule has 4 aromatic rings. The summed E-state index contributed by atoms with van der Waals surface area (Å²) in [6.07, 6.45) is 4.27. The molecule has 0 atom stereocenters. The summed E-state index contributed by atoms with van der Waals surface area (Å²) in [5, 5.41) is 0. The first-order valence-electron chi connectivity index (χ1n) is 12.7. The van der Waals surface area contributed by atoms with Crippen molar-refractivity contribution in [2.75, 3.05) is 6.61 Å². The summed E-state index contributed by atoms with van der Waals surface area (Å²) in [5.74, 6) is -1.46. The molecule has 0 N–H and O–H groups in total. The summed E-state index contributed by atoms with van der Waals surface area (Å²) in [4.78, 5) is 0. The molecule has 192 valence electrons. The van der Waals surface area contributed by atoms with Gasteiger partial charge < -0.3 is 9.47 Å². The van der Waals surface area contributed by atoms with E-state index in [1.54, 1.807) is 48.5 Å². The fraction of sp³-hybridized carbons (Fsp3) is 0.250. The molecule has 4 rings (SSSR count). The van der Waals surface area contributed by atoms with Crippen molar-refractivity contribution in [1.29, 1.82) is 0 Å². The van der Waals surface area contributed by atoms with Crippen molar-refractivity contribution in [1.82, 2.24) is 0 Å². The van der Waals surface area contributed by atoms with Crippen LogP contribution in [0.1, 0.15) is 43.7 Å². The Balaban J connectivity index is 1.37. The van der Waals surface area contributed by atoms with Crippen LogP contribution in [0.5, 0.6) is 11.5 Å². The quantitative estimate of drug-likeness (QED) is 0.190. The average molecular weight is 505 g/mol. The summed E-state index contributed by atoms with van der Waals surface area (Å²) in [6, 6.07) is 22.3. The molecular formula is C32H31F3O2. The van der Waals surface area contributed by atoms with Gasteiger partial charge in [-0.2, -0.15) is 0 Å². The molecule has 0 aliphatic rings. The molecule has 0 spiro atoms. The zero-order valence-electron chi connectivity index (χ0n) is 21.2. The minimum Gasteiger partial charge on any atom is -0.491 e. The van der Waals surface area contributed by atoms with Gasteiger partial charge in [0.1, 0.15) is 12.4 Å². The van der Waals surface area contributed by atoms with Crippen LogP contribution in [0.15, 0.2) is 78.9 Å². The molecule has 0 fully saturated rings. The molecule has 0 aliphatic heterocycles. The smallest absolute Gasteiger partial charge is 0.167 e. The largest absolute Gasteiger partial charge is 0.491 e. The van der Waals surface area contributed by atoms with Crippen molar-refractivity contribution in [2.24, 2.45) is 0 Å². The van der Waals surface area contributed by atoms with Crippen molar-refractivity contribution in [2.45, 2.75) is 46.1 Å². The lowest BCUT2D eigenvalue weighted by molar-refractivity contribution is 0.290. The summed E-state index contributed by atoms with van der Waals surface area (Å²) in [7, 11) is 0. The number of aryl methyl sites for hydroxylation is 1. The monoisotopic (exact) mass is 504 g/mol. The molecule has 2 nitrogen and oxygen atoms in total. The van der Waals surface area contributed by atoms with Crippen LogP contribution in [0.3, 0.4) is 0 Å². The van der Waals surface area contributed by atoms with Gasteiger partial charge in [-0.05, 0) is 54.3 Å². The Morgan fingerprint density at radius 1 is 0.649 bits per heavy atom. The van der Waals surface area contributed by atoms with Gasteiger partial charge in [0.2, 0.25) is 0 Å². The van der Waals surface area contributed by atoms with Crippen molar-refractivity contribution in [3.63, 3.8) is 0 Å². The molecule has 4 aromatic carbocycles. The van der Waals surface area contributed by atoms with Gasteiger partial charge in [-0.1, -0.05) is 86.3 Å². The molecule has 0 aliphatic carbocycles. The highest BCUT2D eigenvalue weighted by Gasteiger charge is 2.15. The topological polar surface area (TPSA) is 18.5 Å². The van der Waals surface area contributed by atoms with E-state index in [1.807, 2.05) is 25.1 Å². The second-order valence-corrected chi connectivity index (χ2v) is 9.13. The Labute approximate surface area is 216 Å². The summed E-state index contributed by atoms with van der Waals surface area (Å²) in [5.41, 5.74) is 3.52. The lowest BCUT2D eigenvalue weighted by atomic mass is 10.0. The highest BCUT2D eigenvalue weighted by Crippen LogP contribution is 2.29. The van der Waals surface area contributed by atoms with Crippen LogP contribution in [0.25, 0.3) is 22.3 Å². The van der Waals surface area contributed by atoms with E-state index in [9.17, 15) is 13.2 Å². The second kappa shape index (κ2) is 12.5. The maximum atomic E-state index is 14.7. The van der Waals surface area contributed by atoms with Gasteiger partial charge in [-0.3, -0.25) is 0 Å². The maximum Gasteiger partial charge on any atom is 0.167 e. The Morgan fingerprint density at radius 2 is 1.35 bits per heavy atom.